The highest BCUT2D eigenvalue weighted by molar-refractivity contribution is 7.47. The zero-order valence-electron chi connectivity index (χ0n) is 59.4. The minimum Gasteiger partial charge on any atom is -0.462 e. The fourth-order valence-electron chi connectivity index (χ4n) is 9.94. The molecule has 0 radical (unpaired) electrons. The molecular formula is C75H134O17P2. The first-order valence-electron chi connectivity index (χ1n) is 37.2. The molecule has 0 aliphatic rings. The molecule has 0 rings (SSSR count). The molecule has 3 N–H and O–H groups in total. The average molecular weight is 1370 g/mol. The molecule has 17 nitrogen and oxygen atoms in total. The molecule has 0 amide bonds. The smallest absolute Gasteiger partial charge is 0.462 e. The summed E-state index contributed by atoms with van der Waals surface area (Å²) >= 11 is 0. The highest BCUT2D eigenvalue weighted by Gasteiger charge is 2.30. The van der Waals surface area contributed by atoms with E-state index in [2.05, 4.69) is 101 Å². The van der Waals surface area contributed by atoms with Crippen LogP contribution in [-0.2, 0) is 65.4 Å². The average Bonchev–Trinajstić information content (AvgIpc) is 1.32. The molecule has 0 heterocycles. The lowest BCUT2D eigenvalue weighted by Crippen LogP contribution is -2.30. The highest BCUT2D eigenvalue weighted by atomic mass is 31.2. The summed E-state index contributed by atoms with van der Waals surface area (Å²) in [7, 11) is -9.94. The summed E-state index contributed by atoms with van der Waals surface area (Å²) in [6, 6.07) is 0. The van der Waals surface area contributed by atoms with Gasteiger partial charge >= 0.3 is 39.5 Å². The van der Waals surface area contributed by atoms with Crippen molar-refractivity contribution in [3.63, 3.8) is 0 Å². The van der Waals surface area contributed by atoms with E-state index in [4.69, 9.17) is 37.0 Å². The van der Waals surface area contributed by atoms with Crippen molar-refractivity contribution in [2.45, 2.75) is 341 Å². The predicted octanol–water partition coefficient (Wildman–Crippen LogP) is 20.9. The number of phosphoric acid groups is 2. The lowest BCUT2D eigenvalue weighted by atomic mass is 10.0. The number of aliphatic hydroxyl groups excluding tert-OH is 1. The number of carbonyl (C=O) groups excluding carboxylic acids is 4. The van der Waals surface area contributed by atoms with E-state index in [0.29, 0.717) is 25.7 Å². The third kappa shape index (κ3) is 67.1. The molecule has 5 atom stereocenters. The lowest BCUT2D eigenvalue weighted by Gasteiger charge is -2.21. The topological polar surface area (TPSA) is 237 Å². The number of carbonyl (C=O) groups is 4. The minimum absolute atomic E-state index is 0.0804. The van der Waals surface area contributed by atoms with Crippen LogP contribution in [-0.4, -0.2) is 96.7 Å². The quantitative estimate of drug-likeness (QED) is 0.0169. The van der Waals surface area contributed by atoms with Gasteiger partial charge in [0.15, 0.2) is 12.2 Å². The van der Waals surface area contributed by atoms with E-state index in [1.54, 1.807) is 0 Å². The first kappa shape index (κ1) is 90.5. The second kappa shape index (κ2) is 68.0. The van der Waals surface area contributed by atoms with Gasteiger partial charge in [0.2, 0.25) is 0 Å². The summed E-state index contributed by atoms with van der Waals surface area (Å²) in [6.07, 6.45) is 66.2. The van der Waals surface area contributed by atoms with E-state index >= 15 is 0 Å². The third-order valence-corrected chi connectivity index (χ3v) is 17.6. The van der Waals surface area contributed by atoms with E-state index in [0.717, 1.165) is 148 Å². The zero-order valence-corrected chi connectivity index (χ0v) is 61.2. The van der Waals surface area contributed by atoms with Crippen LogP contribution in [0.4, 0.5) is 0 Å². The number of hydrogen-bond donors (Lipinski definition) is 3. The number of allylic oxidation sites excluding steroid dienone is 12. The Hall–Kier alpha value is -3.50. The Bertz CT molecular complexity index is 2070. The van der Waals surface area contributed by atoms with Crippen LogP contribution in [0.1, 0.15) is 323 Å². The summed E-state index contributed by atoms with van der Waals surface area (Å²) in [6.45, 7) is 4.66. The van der Waals surface area contributed by atoms with Crippen LogP contribution in [0.5, 0.6) is 0 Å². The third-order valence-electron chi connectivity index (χ3n) is 15.7. The number of phosphoric ester groups is 2. The van der Waals surface area contributed by atoms with Gasteiger partial charge in [0.25, 0.3) is 0 Å². The van der Waals surface area contributed by atoms with Gasteiger partial charge in [0, 0.05) is 25.7 Å². The van der Waals surface area contributed by atoms with Crippen molar-refractivity contribution in [2.24, 2.45) is 0 Å². The first-order valence-corrected chi connectivity index (χ1v) is 40.2. The minimum atomic E-state index is -4.97. The molecular weight excluding hydrogens is 1230 g/mol. The molecule has 546 valence electrons. The summed E-state index contributed by atoms with van der Waals surface area (Å²) in [4.78, 5) is 72.6. The molecule has 0 saturated heterocycles. The molecule has 0 aromatic heterocycles. The Morgan fingerprint density at radius 3 is 0.894 bits per heavy atom. The van der Waals surface area contributed by atoms with Gasteiger partial charge in [0.05, 0.1) is 26.4 Å². The van der Waals surface area contributed by atoms with Gasteiger partial charge in [-0.25, -0.2) is 9.13 Å². The van der Waals surface area contributed by atoms with Gasteiger partial charge in [-0.2, -0.15) is 0 Å². The molecule has 94 heavy (non-hydrogen) atoms. The van der Waals surface area contributed by atoms with Crippen molar-refractivity contribution in [1.82, 2.24) is 0 Å². The van der Waals surface area contributed by atoms with E-state index in [-0.39, 0.29) is 25.7 Å². The van der Waals surface area contributed by atoms with Gasteiger partial charge in [0.1, 0.15) is 19.3 Å². The number of hydrogen-bond acceptors (Lipinski definition) is 15. The number of unbranched alkanes of at least 4 members (excludes halogenated alkanes) is 32. The van der Waals surface area contributed by atoms with Crippen molar-refractivity contribution >= 4 is 39.5 Å². The largest absolute Gasteiger partial charge is 0.472 e. The van der Waals surface area contributed by atoms with E-state index in [1.807, 2.05) is 0 Å². The molecule has 0 aliphatic carbocycles. The molecule has 0 saturated carbocycles. The molecule has 5 unspecified atom stereocenters. The van der Waals surface area contributed by atoms with Crippen LogP contribution in [0.15, 0.2) is 72.9 Å². The second-order valence-electron chi connectivity index (χ2n) is 24.9. The standard InChI is InChI=1S/C75H134O17P2/c1-5-9-13-17-21-25-29-31-33-34-36-38-42-44-48-52-56-60-73(78)86-66-71(92-75(80)62-58-54-50-46-40-28-24-20-16-12-8-4)68-90-94(83,84)88-64-69(76)63-87-93(81,82)89-67-70(91-74(79)61-57-53-49-45-39-27-23-19-15-11-7-3)65-85-72(77)59-55-51-47-43-41-37-35-32-30-26-22-18-14-10-6-2/h9,13,19-21,23-25,31,33,36,38,69-71,76H,5-8,10-12,14-18,22,26-30,32,34-35,37,39-68H2,1-4H3,(H,81,82)(H,83,84)/b13-9-,23-19-,24-20-,25-21-,33-31-,38-36-. The van der Waals surface area contributed by atoms with Crippen LogP contribution in [0, 0.1) is 0 Å². The summed E-state index contributed by atoms with van der Waals surface area (Å²) in [5, 5.41) is 10.6. The van der Waals surface area contributed by atoms with Crippen LogP contribution in [0.25, 0.3) is 0 Å². The molecule has 0 spiro atoms. The van der Waals surface area contributed by atoms with E-state index in [1.165, 1.54) is 96.3 Å². The fraction of sp³-hybridized carbons (Fsp3) is 0.787. The van der Waals surface area contributed by atoms with Gasteiger partial charge in [-0.3, -0.25) is 37.3 Å². The Kier molecular flexibility index (Phi) is 65.5. The highest BCUT2D eigenvalue weighted by Crippen LogP contribution is 2.45. The summed E-state index contributed by atoms with van der Waals surface area (Å²) in [5.41, 5.74) is 0. The maximum absolute atomic E-state index is 13.0. The van der Waals surface area contributed by atoms with Gasteiger partial charge in [-0.1, -0.05) is 268 Å². The zero-order chi connectivity index (χ0) is 69.0. The van der Waals surface area contributed by atoms with Gasteiger partial charge in [-0.15, -0.1) is 0 Å². The van der Waals surface area contributed by atoms with E-state index in [9.17, 15) is 43.2 Å². The Labute approximate surface area is 571 Å². The van der Waals surface area contributed by atoms with Crippen molar-refractivity contribution in [3.8, 4) is 0 Å². The maximum atomic E-state index is 13.0. The van der Waals surface area contributed by atoms with Crippen molar-refractivity contribution < 1.29 is 80.2 Å². The number of aliphatic hydroxyl groups is 1. The lowest BCUT2D eigenvalue weighted by molar-refractivity contribution is -0.161. The molecule has 0 aromatic carbocycles. The van der Waals surface area contributed by atoms with Crippen LogP contribution < -0.4 is 0 Å². The number of esters is 4. The SMILES string of the molecule is CC/C=C\C/C=C\C/C=C\C/C=C\CCCCCCC(=O)OCC(COP(=O)(O)OCC(O)COP(=O)(O)OCC(COC(=O)CCCCCCCCCCCCCCCCC)OC(=O)CCCCCCC/C=C\CCCC)OC(=O)CCCCCCC/C=C\CCCC. The summed E-state index contributed by atoms with van der Waals surface area (Å²) in [5.74, 6) is -2.20. The van der Waals surface area contributed by atoms with Crippen molar-refractivity contribution in [1.29, 1.82) is 0 Å². The predicted molar refractivity (Wildman–Crippen MR) is 381 cm³/mol. The molecule has 0 aromatic rings. The van der Waals surface area contributed by atoms with E-state index < -0.39 is 97.5 Å². The Morgan fingerprint density at radius 1 is 0.309 bits per heavy atom. The monoisotopic (exact) mass is 1370 g/mol. The maximum Gasteiger partial charge on any atom is 0.472 e. The number of ether oxygens (including phenoxy) is 4. The van der Waals surface area contributed by atoms with Crippen LogP contribution in [0.3, 0.4) is 0 Å². The molecule has 19 heteroatoms. The van der Waals surface area contributed by atoms with Gasteiger partial charge < -0.3 is 33.8 Å². The van der Waals surface area contributed by atoms with Crippen molar-refractivity contribution in [3.05, 3.63) is 72.9 Å². The molecule has 0 bridgehead atoms. The Balaban J connectivity index is 5.29. The second-order valence-corrected chi connectivity index (χ2v) is 27.8. The van der Waals surface area contributed by atoms with Crippen LogP contribution >= 0.6 is 15.6 Å². The van der Waals surface area contributed by atoms with Crippen molar-refractivity contribution in [2.75, 3.05) is 39.6 Å². The number of rotatable bonds is 70. The Morgan fingerprint density at radius 2 is 0.564 bits per heavy atom. The summed E-state index contributed by atoms with van der Waals surface area (Å²) < 4.78 is 68.3. The van der Waals surface area contributed by atoms with Gasteiger partial charge in [-0.05, 0) is 103 Å². The first-order chi connectivity index (χ1) is 45.7. The van der Waals surface area contributed by atoms with Crippen LogP contribution in [0.2, 0.25) is 0 Å². The normalized spacial score (nSPS) is 14.4. The molecule has 0 fully saturated rings. The fourth-order valence-corrected chi connectivity index (χ4v) is 11.5. The molecule has 0 aliphatic heterocycles.